The summed E-state index contributed by atoms with van der Waals surface area (Å²) in [7, 11) is -4.16. The number of carbonyl (C=O) groups excluding carboxylic acids is 2. The number of sulfonamides is 1. The third-order valence-corrected chi connectivity index (χ3v) is 8.65. The van der Waals surface area contributed by atoms with E-state index in [0.717, 1.165) is 9.87 Å². The van der Waals surface area contributed by atoms with Gasteiger partial charge in [0.1, 0.15) is 12.6 Å². The lowest BCUT2D eigenvalue weighted by atomic mass is 10.1. The minimum atomic E-state index is -4.16. The Kier molecular flexibility index (Phi) is 10.2. The topological polar surface area (TPSA) is 86.8 Å². The number of likely N-dealkylation sites (N-methyl/N-ethyl adjacent to an activating group) is 1. The number of carbonyl (C=O) groups is 2. The number of anilines is 1. The van der Waals surface area contributed by atoms with Gasteiger partial charge in [0, 0.05) is 23.1 Å². The van der Waals surface area contributed by atoms with Gasteiger partial charge >= 0.3 is 0 Å². The molecule has 1 atom stereocenters. The Bertz CT molecular complexity index is 1380. The van der Waals surface area contributed by atoms with Gasteiger partial charge in [0.25, 0.3) is 10.0 Å². The van der Waals surface area contributed by atoms with Crippen LogP contribution in [0.3, 0.4) is 0 Å². The first-order valence-electron chi connectivity index (χ1n) is 12.2. The monoisotopic (exact) mass is 575 g/mol. The van der Waals surface area contributed by atoms with Crippen LogP contribution in [0.25, 0.3) is 0 Å². The van der Waals surface area contributed by atoms with Crippen LogP contribution in [0.4, 0.5) is 5.69 Å². The second-order valence-electron chi connectivity index (χ2n) is 8.69. The summed E-state index contributed by atoms with van der Waals surface area (Å²) >= 11 is 12.7. The van der Waals surface area contributed by atoms with Crippen molar-refractivity contribution in [3.8, 4) is 0 Å². The molecule has 0 heterocycles. The van der Waals surface area contributed by atoms with Gasteiger partial charge in [-0.2, -0.15) is 0 Å². The van der Waals surface area contributed by atoms with Crippen molar-refractivity contribution in [1.82, 2.24) is 10.2 Å². The maximum atomic E-state index is 13.9. The minimum Gasteiger partial charge on any atom is -0.355 e. The Morgan fingerprint density at radius 2 is 1.58 bits per heavy atom. The molecule has 0 fully saturated rings. The number of hydrogen-bond donors (Lipinski definition) is 1. The lowest BCUT2D eigenvalue weighted by Crippen LogP contribution is -2.52. The number of amides is 2. The molecule has 0 bridgehead atoms. The summed E-state index contributed by atoms with van der Waals surface area (Å²) in [5, 5.41) is 3.58. The molecular formula is C28H31Cl2N3O4S. The normalized spacial score (nSPS) is 12.0. The summed E-state index contributed by atoms with van der Waals surface area (Å²) in [6.45, 7) is 5.26. The predicted octanol–water partition coefficient (Wildman–Crippen LogP) is 5.44. The molecule has 7 nitrogen and oxygen atoms in total. The lowest BCUT2D eigenvalue weighted by molar-refractivity contribution is -0.140. The molecule has 10 heteroatoms. The van der Waals surface area contributed by atoms with Crippen LogP contribution in [-0.4, -0.2) is 44.3 Å². The van der Waals surface area contributed by atoms with Crippen molar-refractivity contribution >= 4 is 50.7 Å². The minimum absolute atomic E-state index is 0.0259. The van der Waals surface area contributed by atoms with E-state index in [0.29, 0.717) is 28.6 Å². The second kappa shape index (κ2) is 13.1. The maximum absolute atomic E-state index is 13.9. The van der Waals surface area contributed by atoms with Gasteiger partial charge in [-0.15, -0.1) is 0 Å². The zero-order chi connectivity index (χ0) is 27.9. The molecule has 1 N–H and O–H groups in total. The molecule has 0 unspecified atom stereocenters. The van der Waals surface area contributed by atoms with Crippen molar-refractivity contribution in [3.63, 3.8) is 0 Å². The molecule has 0 spiro atoms. The summed E-state index contributed by atoms with van der Waals surface area (Å²) in [6.07, 6.45) is 0.323. The molecule has 0 saturated heterocycles. The largest absolute Gasteiger partial charge is 0.355 e. The van der Waals surface area contributed by atoms with Crippen LogP contribution >= 0.6 is 23.2 Å². The van der Waals surface area contributed by atoms with Crippen LogP contribution in [0, 0.1) is 6.92 Å². The number of aryl methyl sites for hydroxylation is 1. The van der Waals surface area contributed by atoms with Crippen LogP contribution in [0.1, 0.15) is 31.4 Å². The van der Waals surface area contributed by atoms with E-state index in [-0.39, 0.29) is 23.0 Å². The standard InChI is InChI=1S/C28H31Cl2N3O4S/c1-4-26(28(35)31-5-2)32(18-21-11-9-10-14-24(21)29)27(34)19-33(22-16-15-20(3)25(30)17-22)38(36,37)23-12-7-6-8-13-23/h6-17,26H,4-5,18-19H2,1-3H3,(H,31,35)/t26-/m0/s1. The van der Waals surface area contributed by atoms with E-state index in [1.54, 1.807) is 75.4 Å². The Hall–Kier alpha value is -3.07. The van der Waals surface area contributed by atoms with E-state index in [4.69, 9.17) is 23.2 Å². The summed E-state index contributed by atoms with van der Waals surface area (Å²) in [5.41, 5.74) is 1.64. The third kappa shape index (κ3) is 6.87. The van der Waals surface area contributed by atoms with Crippen molar-refractivity contribution in [3.05, 3.63) is 94.0 Å². The quantitative estimate of drug-likeness (QED) is 0.330. The van der Waals surface area contributed by atoms with Gasteiger partial charge in [-0.05, 0) is 61.7 Å². The molecule has 202 valence electrons. The highest BCUT2D eigenvalue weighted by Gasteiger charge is 2.33. The summed E-state index contributed by atoms with van der Waals surface area (Å²) < 4.78 is 28.6. The van der Waals surface area contributed by atoms with Gasteiger partial charge in [-0.25, -0.2) is 8.42 Å². The average Bonchev–Trinajstić information content (AvgIpc) is 2.90. The second-order valence-corrected chi connectivity index (χ2v) is 11.4. The maximum Gasteiger partial charge on any atom is 0.264 e. The summed E-state index contributed by atoms with van der Waals surface area (Å²) in [4.78, 5) is 28.3. The first-order valence-corrected chi connectivity index (χ1v) is 14.4. The van der Waals surface area contributed by atoms with Gasteiger partial charge in [0.05, 0.1) is 10.6 Å². The molecular weight excluding hydrogens is 545 g/mol. The van der Waals surface area contributed by atoms with Crippen molar-refractivity contribution in [2.75, 3.05) is 17.4 Å². The average molecular weight is 577 g/mol. The Morgan fingerprint density at radius 1 is 0.921 bits per heavy atom. The van der Waals surface area contributed by atoms with E-state index in [2.05, 4.69) is 5.32 Å². The predicted molar refractivity (Wildman–Crippen MR) is 152 cm³/mol. The fraction of sp³-hybridized carbons (Fsp3) is 0.286. The number of rotatable bonds is 11. The summed E-state index contributed by atoms with van der Waals surface area (Å²) in [5.74, 6) is -0.884. The molecule has 3 aromatic rings. The number of nitrogens with one attached hydrogen (secondary N) is 1. The zero-order valence-electron chi connectivity index (χ0n) is 21.5. The van der Waals surface area contributed by atoms with Gasteiger partial charge in [0.15, 0.2) is 0 Å². The highest BCUT2D eigenvalue weighted by atomic mass is 35.5. The number of halogens is 2. The fourth-order valence-electron chi connectivity index (χ4n) is 4.01. The van der Waals surface area contributed by atoms with Gasteiger partial charge in [-0.1, -0.05) is 72.6 Å². The molecule has 0 radical (unpaired) electrons. The lowest BCUT2D eigenvalue weighted by Gasteiger charge is -2.33. The first kappa shape index (κ1) is 29.5. The molecule has 0 aromatic heterocycles. The van der Waals surface area contributed by atoms with Crippen molar-refractivity contribution in [1.29, 1.82) is 0 Å². The van der Waals surface area contributed by atoms with Gasteiger partial charge in [0.2, 0.25) is 11.8 Å². The van der Waals surface area contributed by atoms with Crippen molar-refractivity contribution in [2.24, 2.45) is 0 Å². The van der Waals surface area contributed by atoms with Crippen LogP contribution in [0.2, 0.25) is 10.0 Å². The Labute approximate surface area is 234 Å². The van der Waals surface area contributed by atoms with E-state index < -0.39 is 28.5 Å². The molecule has 3 aromatic carbocycles. The SMILES string of the molecule is CCNC(=O)[C@H](CC)N(Cc1ccccc1Cl)C(=O)CN(c1ccc(C)c(Cl)c1)S(=O)(=O)c1ccccc1. The highest BCUT2D eigenvalue weighted by Crippen LogP contribution is 2.29. The number of benzene rings is 3. The van der Waals surface area contributed by atoms with E-state index in [1.807, 2.05) is 0 Å². The van der Waals surface area contributed by atoms with Gasteiger partial charge < -0.3 is 10.2 Å². The highest BCUT2D eigenvalue weighted by molar-refractivity contribution is 7.92. The van der Waals surface area contributed by atoms with Crippen molar-refractivity contribution in [2.45, 2.75) is 44.7 Å². The number of hydrogen-bond acceptors (Lipinski definition) is 4. The van der Waals surface area contributed by atoms with E-state index in [9.17, 15) is 18.0 Å². The molecule has 0 aliphatic heterocycles. The zero-order valence-corrected chi connectivity index (χ0v) is 23.9. The Morgan fingerprint density at radius 3 is 2.18 bits per heavy atom. The number of nitrogens with zero attached hydrogens (tertiary/aromatic N) is 2. The molecule has 0 saturated carbocycles. The molecule has 0 aliphatic rings. The Balaban J connectivity index is 2.08. The van der Waals surface area contributed by atoms with Crippen LogP contribution < -0.4 is 9.62 Å². The third-order valence-electron chi connectivity index (χ3n) is 6.09. The van der Waals surface area contributed by atoms with Crippen molar-refractivity contribution < 1.29 is 18.0 Å². The molecule has 38 heavy (non-hydrogen) atoms. The first-order chi connectivity index (χ1) is 18.1. The fourth-order valence-corrected chi connectivity index (χ4v) is 5.80. The van der Waals surface area contributed by atoms with E-state index in [1.165, 1.54) is 23.1 Å². The van der Waals surface area contributed by atoms with Crippen LogP contribution in [-0.2, 0) is 26.2 Å². The van der Waals surface area contributed by atoms with E-state index >= 15 is 0 Å². The van der Waals surface area contributed by atoms with Crippen LogP contribution in [0.5, 0.6) is 0 Å². The molecule has 2 amide bonds. The molecule has 3 rings (SSSR count). The molecule has 0 aliphatic carbocycles. The van der Waals surface area contributed by atoms with Gasteiger partial charge in [-0.3, -0.25) is 13.9 Å². The van der Waals surface area contributed by atoms with Crippen LogP contribution in [0.15, 0.2) is 77.7 Å². The smallest absolute Gasteiger partial charge is 0.264 e. The summed E-state index contributed by atoms with van der Waals surface area (Å²) in [6, 6.07) is 18.9.